The van der Waals surface area contributed by atoms with Crippen molar-refractivity contribution in [3.8, 4) is 11.4 Å². The summed E-state index contributed by atoms with van der Waals surface area (Å²) < 4.78 is 0. The summed E-state index contributed by atoms with van der Waals surface area (Å²) in [7, 11) is 0. The number of rotatable bonds is 8. The van der Waals surface area contributed by atoms with Crippen LogP contribution in [0.15, 0.2) is 77.0 Å². The fraction of sp³-hybridized carbons (Fsp3) is 0.182. The number of nitrogens with one attached hydrogen (secondary N) is 3. The second kappa shape index (κ2) is 8.54. The average molecular weight is 416 g/mol. The molecule has 1 fully saturated rings. The maximum atomic E-state index is 4.67. The van der Waals surface area contributed by atoms with Crippen LogP contribution >= 0.6 is 11.8 Å². The van der Waals surface area contributed by atoms with Gasteiger partial charge in [0.25, 0.3) is 0 Å². The number of aromatic nitrogens is 5. The zero-order chi connectivity index (χ0) is 20.2. The van der Waals surface area contributed by atoms with Crippen molar-refractivity contribution >= 4 is 29.3 Å². The lowest BCUT2D eigenvalue weighted by atomic mass is 10.2. The van der Waals surface area contributed by atoms with Crippen LogP contribution < -0.4 is 10.6 Å². The minimum atomic E-state index is 0.448. The standard InChI is InChI=1S/C22H21N7S/c1-2-4-16(5-3-1)19-26-21(28-20-23-12-13-24-20)29-22(27-19)30-18-10-8-17(9-11-18)25-14-15-6-7-15/h1-5,8-13,15,25H,6-7,14H2,(H2,23,24,26,27,28,29). The maximum Gasteiger partial charge on any atom is 0.234 e. The van der Waals surface area contributed by atoms with Crippen LogP contribution in [0.3, 0.4) is 0 Å². The number of anilines is 3. The first-order chi connectivity index (χ1) is 14.8. The molecular weight excluding hydrogens is 394 g/mol. The first kappa shape index (κ1) is 18.6. The van der Waals surface area contributed by atoms with Gasteiger partial charge in [0.05, 0.1) is 0 Å². The van der Waals surface area contributed by atoms with Gasteiger partial charge in [0.1, 0.15) is 0 Å². The van der Waals surface area contributed by atoms with Crippen molar-refractivity contribution in [1.82, 2.24) is 24.9 Å². The zero-order valence-corrected chi connectivity index (χ0v) is 17.1. The molecular formula is C22H21N7S. The zero-order valence-electron chi connectivity index (χ0n) is 16.2. The lowest BCUT2D eigenvalue weighted by Crippen LogP contribution is -2.03. The van der Waals surface area contributed by atoms with E-state index in [4.69, 9.17) is 0 Å². The van der Waals surface area contributed by atoms with E-state index >= 15 is 0 Å². The molecule has 1 aliphatic carbocycles. The SMILES string of the molecule is c1ccc(-c2nc(Nc3ncc[nH]3)nc(Sc3ccc(NCC4CC4)cc3)n2)cc1. The van der Waals surface area contributed by atoms with Crippen molar-refractivity contribution in [3.05, 3.63) is 67.0 Å². The monoisotopic (exact) mass is 415 g/mol. The highest BCUT2D eigenvalue weighted by Crippen LogP contribution is 2.31. The predicted molar refractivity (Wildman–Crippen MR) is 119 cm³/mol. The van der Waals surface area contributed by atoms with Gasteiger partial charge in [-0.3, -0.25) is 5.32 Å². The van der Waals surface area contributed by atoms with Crippen molar-refractivity contribution in [2.75, 3.05) is 17.2 Å². The second-order valence-electron chi connectivity index (χ2n) is 7.14. The highest BCUT2D eigenvalue weighted by atomic mass is 32.2. The van der Waals surface area contributed by atoms with Crippen LogP contribution in [-0.2, 0) is 0 Å². The molecule has 2 aromatic carbocycles. The summed E-state index contributed by atoms with van der Waals surface area (Å²) in [4.78, 5) is 22.1. The van der Waals surface area contributed by atoms with Gasteiger partial charge in [0.2, 0.25) is 11.9 Å². The molecule has 0 spiro atoms. The first-order valence-corrected chi connectivity index (χ1v) is 10.7. The molecule has 150 valence electrons. The van der Waals surface area contributed by atoms with E-state index < -0.39 is 0 Å². The highest BCUT2D eigenvalue weighted by molar-refractivity contribution is 7.99. The number of hydrogen-bond donors (Lipinski definition) is 3. The molecule has 2 heterocycles. The predicted octanol–water partition coefficient (Wildman–Crippen LogP) is 4.98. The molecule has 3 N–H and O–H groups in total. The summed E-state index contributed by atoms with van der Waals surface area (Å²) in [6.45, 7) is 1.06. The minimum Gasteiger partial charge on any atom is -0.385 e. The van der Waals surface area contributed by atoms with Crippen LogP contribution in [0, 0.1) is 5.92 Å². The third-order valence-electron chi connectivity index (χ3n) is 4.73. The minimum absolute atomic E-state index is 0.448. The van der Waals surface area contributed by atoms with Crippen molar-refractivity contribution in [2.24, 2.45) is 5.92 Å². The normalized spacial score (nSPS) is 13.2. The quantitative estimate of drug-likeness (QED) is 0.374. The van der Waals surface area contributed by atoms with Gasteiger partial charge in [0, 0.05) is 35.1 Å². The van der Waals surface area contributed by atoms with Crippen molar-refractivity contribution < 1.29 is 0 Å². The Labute approximate surface area is 178 Å². The van der Waals surface area contributed by atoms with Crippen LogP contribution in [0.5, 0.6) is 0 Å². The van der Waals surface area contributed by atoms with Crippen LogP contribution in [0.1, 0.15) is 12.8 Å². The maximum absolute atomic E-state index is 4.67. The Balaban J connectivity index is 1.38. The van der Waals surface area contributed by atoms with Gasteiger partial charge in [-0.15, -0.1) is 0 Å². The first-order valence-electron chi connectivity index (χ1n) is 9.91. The summed E-state index contributed by atoms with van der Waals surface area (Å²) >= 11 is 1.51. The Morgan fingerprint density at radius 2 is 1.80 bits per heavy atom. The molecule has 0 saturated heterocycles. The number of benzene rings is 2. The molecule has 4 aromatic rings. The van der Waals surface area contributed by atoms with E-state index in [0.29, 0.717) is 22.9 Å². The molecule has 2 aromatic heterocycles. The summed E-state index contributed by atoms with van der Waals surface area (Å²) in [5.41, 5.74) is 2.08. The van der Waals surface area contributed by atoms with E-state index in [-0.39, 0.29) is 0 Å². The Morgan fingerprint density at radius 3 is 2.53 bits per heavy atom. The Bertz CT molecular complexity index is 1090. The van der Waals surface area contributed by atoms with Gasteiger partial charge >= 0.3 is 0 Å². The van der Waals surface area contributed by atoms with Crippen LogP contribution in [0.2, 0.25) is 0 Å². The molecule has 30 heavy (non-hydrogen) atoms. The fourth-order valence-corrected chi connectivity index (χ4v) is 3.69. The number of H-pyrrole nitrogens is 1. The van der Waals surface area contributed by atoms with Crippen LogP contribution in [0.4, 0.5) is 17.6 Å². The Morgan fingerprint density at radius 1 is 0.967 bits per heavy atom. The van der Waals surface area contributed by atoms with Crippen LogP contribution in [0.25, 0.3) is 11.4 Å². The molecule has 0 unspecified atom stereocenters. The molecule has 0 aliphatic heterocycles. The number of imidazole rings is 1. The van der Waals surface area contributed by atoms with Gasteiger partial charge in [-0.05, 0) is 54.8 Å². The summed E-state index contributed by atoms with van der Waals surface area (Å²) in [6.07, 6.45) is 6.11. The molecule has 1 saturated carbocycles. The van der Waals surface area contributed by atoms with Crippen molar-refractivity contribution in [1.29, 1.82) is 0 Å². The number of aromatic amines is 1. The van der Waals surface area contributed by atoms with E-state index in [2.05, 4.69) is 59.8 Å². The second-order valence-corrected chi connectivity index (χ2v) is 8.19. The van der Waals surface area contributed by atoms with Gasteiger partial charge in [-0.1, -0.05) is 30.3 Å². The van der Waals surface area contributed by atoms with Gasteiger partial charge in [-0.2, -0.15) is 9.97 Å². The molecule has 0 atom stereocenters. The Kier molecular flexibility index (Phi) is 5.30. The van der Waals surface area contributed by atoms with Gasteiger partial charge in [-0.25, -0.2) is 9.97 Å². The van der Waals surface area contributed by atoms with E-state index in [0.717, 1.165) is 28.6 Å². The lowest BCUT2D eigenvalue weighted by molar-refractivity contribution is 0.889. The molecule has 8 heteroatoms. The summed E-state index contributed by atoms with van der Waals surface area (Å²) in [5, 5.41) is 7.22. The fourth-order valence-electron chi connectivity index (χ4n) is 2.94. The summed E-state index contributed by atoms with van der Waals surface area (Å²) in [5.74, 6) is 2.50. The molecule has 0 radical (unpaired) electrons. The largest absolute Gasteiger partial charge is 0.385 e. The molecule has 5 rings (SSSR count). The van der Waals surface area contributed by atoms with E-state index in [9.17, 15) is 0 Å². The summed E-state index contributed by atoms with van der Waals surface area (Å²) in [6, 6.07) is 18.3. The van der Waals surface area contributed by atoms with E-state index in [1.165, 1.54) is 24.6 Å². The van der Waals surface area contributed by atoms with Gasteiger partial charge in [0.15, 0.2) is 11.0 Å². The van der Waals surface area contributed by atoms with E-state index in [1.807, 2.05) is 30.3 Å². The smallest absolute Gasteiger partial charge is 0.234 e. The third-order valence-corrected chi connectivity index (χ3v) is 5.60. The van der Waals surface area contributed by atoms with Crippen LogP contribution in [-0.4, -0.2) is 31.5 Å². The van der Waals surface area contributed by atoms with Crippen molar-refractivity contribution in [3.63, 3.8) is 0 Å². The topological polar surface area (TPSA) is 91.4 Å². The Hall–Kier alpha value is -3.39. The molecule has 1 aliphatic rings. The average Bonchev–Trinajstić information content (AvgIpc) is 3.48. The number of nitrogens with zero attached hydrogens (tertiary/aromatic N) is 4. The van der Waals surface area contributed by atoms with E-state index in [1.54, 1.807) is 12.4 Å². The molecule has 7 nitrogen and oxygen atoms in total. The lowest BCUT2D eigenvalue weighted by Gasteiger charge is -2.09. The third kappa shape index (κ3) is 4.77. The van der Waals surface area contributed by atoms with Crippen molar-refractivity contribution in [2.45, 2.75) is 22.9 Å². The molecule has 0 bridgehead atoms. The highest BCUT2D eigenvalue weighted by Gasteiger charge is 2.20. The van der Waals surface area contributed by atoms with Gasteiger partial charge < -0.3 is 10.3 Å². The number of hydrogen-bond acceptors (Lipinski definition) is 7. The molecule has 0 amide bonds.